The number of nitrogens with zero attached hydrogens (tertiary/aromatic N) is 3. The Morgan fingerprint density at radius 1 is 1.48 bits per heavy atom. The minimum Gasteiger partial charge on any atom is -0.373 e. The molecule has 1 fully saturated rings. The SMILES string of the molecule is N#Cc1cc([N+](=O)[O-])ccc1NC1CCN(CC(F)(F)F)C1=O. The quantitative estimate of drug-likeness (QED) is 0.673. The van der Waals surface area contributed by atoms with E-state index in [1.165, 1.54) is 6.07 Å². The lowest BCUT2D eigenvalue weighted by molar-refractivity contribution is -0.384. The minimum absolute atomic E-state index is 0.0507. The molecule has 1 unspecified atom stereocenters. The number of benzene rings is 1. The summed E-state index contributed by atoms with van der Waals surface area (Å²) in [4.78, 5) is 22.6. The van der Waals surface area contributed by atoms with Gasteiger partial charge in [0.2, 0.25) is 5.91 Å². The summed E-state index contributed by atoms with van der Waals surface area (Å²) in [7, 11) is 0. The van der Waals surface area contributed by atoms with Crippen LogP contribution < -0.4 is 5.32 Å². The van der Waals surface area contributed by atoms with Crippen LogP contribution in [0, 0.1) is 21.4 Å². The van der Waals surface area contributed by atoms with E-state index in [0.29, 0.717) is 4.90 Å². The number of hydrogen-bond donors (Lipinski definition) is 1. The smallest absolute Gasteiger partial charge is 0.373 e. The molecule has 7 nitrogen and oxygen atoms in total. The number of non-ortho nitro benzene ring substituents is 1. The second kappa shape index (κ2) is 6.12. The topological polar surface area (TPSA) is 99.3 Å². The Morgan fingerprint density at radius 2 is 2.17 bits per heavy atom. The monoisotopic (exact) mass is 328 g/mol. The second-order valence-electron chi connectivity index (χ2n) is 4.96. The van der Waals surface area contributed by atoms with Gasteiger partial charge >= 0.3 is 6.18 Å². The molecule has 0 spiro atoms. The highest BCUT2D eigenvalue weighted by Crippen LogP contribution is 2.26. The van der Waals surface area contributed by atoms with Gasteiger partial charge in [0.1, 0.15) is 18.7 Å². The van der Waals surface area contributed by atoms with Gasteiger partial charge in [-0.3, -0.25) is 14.9 Å². The van der Waals surface area contributed by atoms with E-state index in [-0.39, 0.29) is 29.9 Å². The molecule has 0 aromatic heterocycles. The van der Waals surface area contributed by atoms with E-state index in [1.54, 1.807) is 6.07 Å². The molecule has 122 valence electrons. The highest BCUT2D eigenvalue weighted by Gasteiger charge is 2.39. The van der Waals surface area contributed by atoms with E-state index in [1.807, 2.05) is 0 Å². The molecule has 10 heteroatoms. The molecule has 1 aromatic rings. The molecule has 23 heavy (non-hydrogen) atoms. The maximum atomic E-state index is 12.4. The predicted molar refractivity (Wildman–Crippen MR) is 72.5 cm³/mol. The number of hydrogen-bond acceptors (Lipinski definition) is 5. The van der Waals surface area contributed by atoms with E-state index in [0.717, 1.165) is 12.1 Å². The van der Waals surface area contributed by atoms with E-state index in [2.05, 4.69) is 5.32 Å². The van der Waals surface area contributed by atoms with E-state index in [9.17, 15) is 28.1 Å². The Kier molecular flexibility index (Phi) is 4.40. The van der Waals surface area contributed by atoms with Gasteiger partial charge in [0.15, 0.2) is 0 Å². The third-order valence-electron chi connectivity index (χ3n) is 3.33. The van der Waals surface area contributed by atoms with Gasteiger partial charge in [-0.2, -0.15) is 18.4 Å². The molecule has 2 rings (SSSR count). The van der Waals surface area contributed by atoms with Gasteiger partial charge in [-0.15, -0.1) is 0 Å². The zero-order valence-corrected chi connectivity index (χ0v) is 11.6. The van der Waals surface area contributed by atoms with Gasteiger partial charge in [0, 0.05) is 18.7 Å². The number of carbonyl (C=O) groups is 1. The van der Waals surface area contributed by atoms with Crippen molar-refractivity contribution in [3.63, 3.8) is 0 Å². The Bertz CT molecular complexity index is 684. The van der Waals surface area contributed by atoms with Crippen molar-refractivity contribution in [2.75, 3.05) is 18.4 Å². The Morgan fingerprint density at radius 3 is 2.74 bits per heavy atom. The van der Waals surface area contributed by atoms with E-state index in [4.69, 9.17) is 5.26 Å². The van der Waals surface area contributed by atoms with Crippen molar-refractivity contribution < 1.29 is 22.9 Å². The summed E-state index contributed by atoms with van der Waals surface area (Å²) in [6.07, 6.45) is -4.33. The van der Waals surface area contributed by atoms with Crippen LogP contribution in [0.2, 0.25) is 0 Å². The first kappa shape index (κ1) is 16.5. The number of amides is 1. The maximum absolute atomic E-state index is 12.4. The number of nitriles is 1. The molecule has 1 aliphatic rings. The molecular formula is C13H11F3N4O3. The molecule has 1 aliphatic heterocycles. The van der Waals surface area contributed by atoms with Crippen molar-refractivity contribution >= 4 is 17.3 Å². The summed E-state index contributed by atoms with van der Waals surface area (Å²) in [5.74, 6) is -0.718. The molecule has 1 saturated heterocycles. The highest BCUT2D eigenvalue weighted by atomic mass is 19.4. The Labute approximate surface area is 128 Å². The largest absolute Gasteiger partial charge is 0.406 e. The molecule has 0 saturated carbocycles. The number of nitro benzene ring substituents is 1. The molecule has 1 amide bonds. The second-order valence-corrected chi connectivity index (χ2v) is 4.96. The Hall–Kier alpha value is -2.83. The van der Waals surface area contributed by atoms with Gasteiger partial charge in [0.25, 0.3) is 5.69 Å². The van der Waals surface area contributed by atoms with Gasteiger partial charge in [-0.05, 0) is 12.5 Å². The fraction of sp³-hybridized carbons (Fsp3) is 0.385. The van der Waals surface area contributed by atoms with Crippen LogP contribution in [0.25, 0.3) is 0 Å². The number of nitrogens with one attached hydrogen (secondary N) is 1. The molecule has 1 aromatic carbocycles. The average Bonchev–Trinajstić information content (AvgIpc) is 2.78. The normalized spacial score (nSPS) is 17.9. The lowest BCUT2D eigenvalue weighted by Crippen LogP contribution is -2.39. The van der Waals surface area contributed by atoms with Crippen molar-refractivity contribution in [1.29, 1.82) is 5.26 Å². The molecule has 0 aliphatic carbocycles. The van der Waals surface area contributed by atoms with Crippen LogP contribution in [-0.4, -0.2) is 41.0 Å². The first-order valence-corrected chi connectivity index (χ1v) is 6.52. The van der Waals surface area contributed by atoms with Gasteiger partial charge in [-0.1, -0.05) is 0 Å². The molecule has 1 heterocycles. The number of alkyl halides is 3. The van der Waals surface area contributed by atoms with Crippen LogP contribution in [0.3, 0.4) is 0 Å². The molecule has 1 atom stereocenters. The summed E-state index contributed by atoms with van der Waals surface area (Å²) in [5.41, 5.74) is -0.171. The average molecular weight is 328 g/mol. The summed E-state index contributed by atoms with van der Waals surface area (Å²) < 4.78 is 37.1. The highest BCUT2D eigenvalue weighted by molar-refractivity contribution is 5.87. The fourth-order valence-electron chi connectivity index (χ4n) is 2.30. The number of halogens is 3. The number of carbonyl (C=O) groups excluding carboxylic acids is 1. The fourth-order valence-corrected chi connectivity index (χ4v) is 2.30. The van der Waals surface area contributed by atoms with Crippen LogP contribution in [0.15, 0.2) is 18.2 Å². The molecular weight excluding hydrogens is 317 g/mol. The van der Waals surface area contributed by atoms with Crippen molar-refractivity contribution in [3.05, 3.63) is 33.9 Å². The Balaban J connectivity index is 2.13. The standard InChI is InChI=1S/C13H11F3N4O3/c14-13(15,16)7-19-4-3-11(12(19)21)18-10-2-1-9(20(22)23)5-8(10)6-17/h1-2,5,11,18H,3-4,7H2. The molecule has 0 radical (unpaired) electrons. The summed E-state index contributed by atoms with van der Waals surface area (Å²) in [6.45, 7) is -1.37. The van der Waals surface area contributed by atoms with Gasteiger partial charge in [0.05, 0.1) is 16.2 Å². The van der Waals surface area contributed by atoms with E-state index >= 15 is 0 Å². The van der Waals surface area contributed by atoms with Crippen molar-refractivity contribution in [2.45, 2.75) is 18.6 Å². The van der Waals surface area contributed by atoms with Crippen molar-refractivity contribution in [3.8, 4) is 6.07 Å². The summed E-state index contributed by atoms with van der Waals surface area (Å²) in [5, 5.41) is 22.4. The zero-order chi connectivity index (χ0) is 17.2. The van der Waals surface area contributed by atoms with E-state index < -0.39 is 29.6 Å². The third kappa shape index (κ3) is 3.88. The third-order valence-corrected chi connectivity index (χ3v) is 3.33. The first-order chi connectivity index (χ1) is 10.7. The van der Waals surface area contributed by atoms with Crippen LogP contribution in [0.1, 0.15) is 12.0 Å². The first-order valence-electron chi connectivity index (χ1n) is 6.52. The lowest BCUT2D eigenvalue weighted by atomic mass is 10.1. The lowest BCUT2D eigenvalue weighted by Gasteiger charge is -2.19. The number of anilines is 1. The minimum atomic E-state index is -4.48. The van der Waals surface area contributed by atoms with Crippen LogP contribution in [-0.2, 0) is 4.79 Å². The van der Waals surface area contributed by atoms with Crippen LogP contribution >= 0.6 is 0 Å². The zero-order valence-electron chi connectivity index (χ0n) is 11.6. The number of likely N-dealkylation sites (tertiary alicyclic amines) is 1. The summed E-state index contributed by atoms with van der Waals surface area (Å²) >= 11 is 0. The van der Waals surface area contributed by atoms with Crippen molar-refractivity contribution in [1.82, 2.24) is 4.90 Å². The number of nitro groups is 1. The van der Waals surface area contributed by atoms with Crippen LogP contribution in [0.4, 0.5) is 24.5 Å². The maximum Gasteiger partial charge on any atom is 0.406 e. The van der Waals surface area contributed by atoms with Gasteiger partial charge < -0.3 is 10.2 Å². The molecule has 0 bridgehead atoms. The predicted octanol–water partition coefficient (Wildman–Crippen LogP) is 2.04. The summed E-state index contributed by atoms with van der Waals surface area (Å²) in [6, 6.07) is 4.31. The van der Waals surface area contributed by atoms with Crippen LogP contribution in [0.5, 0.6) is 0 Å². The van der Waals surface area contributed by atoms with Gasteiger partial charge in [-0.25, -0.2) is 0 Å². The number of rotatable bonds is 4. The molecule has 1 N–H and O–H groups in total. The van der Waals surface area contributed by atoms with Crippen molar-refractivity contribution in [2.24, 2.45) is 0 Å².